The molecule has 0 bridgehead atoms. The van der Waals surface area contributed by atoms with E-state index in [4.69, 9.17) is 22.1 Å². The van der Waals surface area contributed by atoms with Crippen molar-refractivity contribution in [2.24, 2.45) is 5.73 Å². The Morgan fingerprint density at radius 1 is 1.11 bits per heavy atom. The van der Waals surface area contributed by atoms with Crippen molar-refractivity contribution in [3.8, 4) is 11.5 Å². The minimum absolute atomic E-state index is 0.0647. The fraction of sp³-hybridized carbons (Fsp3) is 0.143. The molecule has 4 heteroatoms. The lowest BCUT2D eigenvalue weighted by Crippen LogP contribution is -1.97. The lowest BCUT2D eigenvalue weighted by atomic mass is 10.2. The molecule has 0 aromatic heterocycles. The predicted octanol–water partition coefficient (Wildman–Crippen LogP) is 3.08. The number of benzene rings is 2. The molecule has 0 aliphatic rings. The van der Waals surface area contributed by atoms with Gasteiger partial charge in [0.1, 0.15) is 11.5 Å². The molecule has 0 saturated heterocycles. The van der Waals surface area contributed by atoms with Gasteiger partial charge in [-0.05, 0) is 23.8 Å². The van der Waals surface area contributed by atoms with Gasteiger partial charge in [-0.3, -0.25) is 0 Å². The Morgan fingerprint density at radius 2 is 1.89 bits per heavy atom. The molecule has 0 aliphatic carbocycles. The van der Waals surface area contributed by atoms with E-state index in [1.54, 1.807) is 12.1 Å². The van der Waals surface area contributed by atoms with Crippen LogP contribution in [0.1, 0.15) is 11.1 Å². The molecule has 18 heavy (non-hydrogen) atoms. The number of rotatable bonds is 4. The second kappa shape index (κ2) is 5.87. The highest BCUT2D eigenvalue weighted by molar-refractivity contribution is 6.31. The van der Waals surface area contributed by atoms with Gasteiger partial charge in [0, 0.05) is 17.1 Å². The van der Waals surface area contributed by atoms with Gasteiger partial charge in [-0.2, -0.15) is 0 Å². The van der Waals surface area contributed by atoms with Crippen molar-refractivity contribution >= 4 is 11.6 Å². The Bertz CT molecular complexity index is 543. The van der Waals surface area contributed by atoms with Gasteiger partial charge in [-0.25, -0.2) is 0 Å². The lowest BCUT2D eigenvalue weighted by Gasteiger charge is -2.10. The maximum atomic E-state index is 9.21. The summed E-state index contributed by atoms with van der Waals surface area (Å²) in [4.78, 5) is 0. The Labute approximate surface area is 111 Å². The van der Waals surface area contributed by atoms with E-state index in [9.17, 15) is 5.11 Å². The van der Waals surface area contributed by atoms with E-state index in [2.05, 4.69) is 0 Å². The van der Waals surface area contributed by atoms with Crippen molar-refractivity contribution in [3.63, 3.8) is 0 Å². The fourth-order valence-electron chi connectivity index (χ4n) is 1.62. The first-order valence-corrected chi connectivity index (χ1v) is 5.97. The second-order valence-electron chi connectivity index (χ2n) is 3.83. The third-order valence-electron chi connectivity index (χ3n) is 2.62. The highest BCUT2D eigenvalue weighted by Gasteiger charge is 2.05. The number of nitrogens with two attached hydrogens (primary N) is 1. The molecule has 0 atom stereocenters. The fourth-order valence-corrected chi connectivity index (χ4v) is 1.87. The Kier molecular flexibility index (Phi) is 4.20. The molecule has 0 saturated carbocycles. The molecule has 94 valence electrons. The summed E-state index contributed by atoms with van der Waals surface area (Å²) in [5, 5.41) is 9.79. The molecule has 0 spiro atoms. The van der Waals surface area contributed by atoms with E-state index in [1.165, 1.54) is 0 Å². The number of ether oxygens (including phenoxy) is 1. The number of para-hydroxylation sites is 1. The Hall–Kier alpha value is -1.55. The maximum Gasteiger partial charge on any atom is 0.132 e. The lowest BCUT2D eigenvalue weighted by molar-refractivity contribution is 0.276. The van der Waals surface area contributed by atoms with Gasteiger partial charge in [0.15, 0.2) is 0 Å². The van der Waals surface area contributed by atoms with E-state index in [0.29, 0.717) is 23.1 Å². The topological polar surface area (TPSA) is 55.5 Å². The molecule has 0 amide bonds. The van der Waals surface area contributed by atoms with E-state index >= 15 is 0 Å². The van der Waals surface area contributed by atoms with Crippen LogP contribution < -0.4 is 10.5 Å². The molecule has 2 aromatic carbocycles. The SMILES string of the molecule is NCc1ccc(Oc2ccccc2CO)cc1Cl. The van der Waals surface area contributed by atoms with E-state index in [-0.39, 0.29) is 6.61 Å². The van der Waals surface area contributed by atoms with Gasteiger partial charge in [0.2, 0.25) is 0 Å². The molecular formula is C14H14ClNO2. The molecule has 3 N–H and O–H groups in total. The van der Waals surface area contributed by atoms with Gasteiger partial charge in [0.05, 0.1) is 6.61 Å². The van der Waals surface area contributed by atoms with Crippen LogP contribution >= 0.6 is 11.6 Å². The van der Waals surface area contributed by atoms with Crippen LogP contribution in [0.15, 0.2) is 42.5 Å². The summed E-state index contributed by atoms with van der Waals surface area (Å²) in [7, 11) is 0. The van der Waals surface area contributed by atoms with Crippen molar-refractivity contribution < 1.29 is 9.84 Å². The predicted molar refractivity (Wildman–Crippen MR) is 71.8 cm³/mol. The quantitative estimate of drug-likeness (QED) is 0.891. The number of aliphatic hydroxyl groups is 1. The molecule has 2 aromatic rings. The first kappa shape index (κ1) is 12.9. The van der Waals surface area contributed by atoms with Crippen LogP contribution in [0.4, 0.5) is 0 Å². The van der Waals surface area contributed by atoms with Crippen LogP contribution in [0.3, 0.4) is 0 Å². The molecular weight excluding hydrogens is 250 g/mol. The second-order valence-corrected chi connectivity index (χ2v) is 4.23. The molecule has 0 heterocycles. The zero-order chi connectivity index (χ0) is 13.0. The number of hydrogen-bond acceptors (Lipinski definition) is 3. The van der Waals surface area contributed by atoms with E-state index in [1.807, 2.05) is 30.3 Å². The summed E-state index contributed by atoms with van der Waals surface area (Å²) in [6.45, 7) is 0.330. The van der Waals surface area contributed by atoms with Gasteiger partial charge in [0.25, 0.3) is 0 Å². The van der Waals surface area contributed by atoms with Crippen molar-refractivity contribution in [1.82, 2.24) is 0 Å². The third-order valence-corrected chi connectivity index (χ3v) is 2.97. The standard InChI is InChI=1S/C14H14ClNO2/c15-13-7-12(6-5-10(13)8-16)18-14-4-2-1-3-11(14)9-17/h1-7,17H,8-9,16H2. The zero-order valence-electron chi connectivity index (χ0n) is 9.77. The van der Waals surface area contributed by atoms with Crippen molar-refractivity contribution in [2.45, 2.75) is 13.2 Å². The molecule has 0 unspecified atom stereocenters. The molecule has 0 fully saturated rings. The zero-order valence-corrected chi connectivity index (χ0v) is 10.5. The highest BCUT2D eigenvalue weighted by atomic mass is 35.5. The van der Waals surface area contributed by atoms with Gasteiger partial charge < -0.3 is 15.6 Å². The van der Waals surface area contributed by atoms with Crippen LogP contribution in [-0.4, -0.2) is 5.11 Å². The van der Waals surface area contributed by atoms with Gasteiger partial charge in [-0.1, -0.05) is 35.9 Å². The van der Waals surface area contributed by atoms with Crippen LogP contribution in [0.5, 0.6) is 11.5 Å². The largest absolute Gasteiger partial charge is 0.457 e. The van der Waals surface area contributed by atoms with Gasteiger partial charge >= 0.3 is 0 Å². The van der Waals surface area contributed by atoms with Crippen molar-refractivity contribution in [3.05, 3.63) is 58.6 Å². The average molecular weight is 264 g/mol. The van der Waals surface area contributed by atoms with Crippen LogP contribution in [0, 0.1) is 0 Å². The molecule has 3 nitrogen and oxygen atoms in total. The van der Waals surface area contributed by atoms with Gasteiger partial charge in [-0.15, -0.1) is 0 Å². The normalized spacial score (nSPS) is 10.4. The van der Waals surface area contributed by atoms with E-state index in [0.717, 1.165) is 11.1 Å². The van der Waals surface area contributed by atoms with Crippen LogP contribution in [0.25, 0.3) is 0 Å². The Balaban J connectivity index is 2.26. The summed E-state index contributed by atoms with van der Waals surface area (Å²) in [5.41, 5.74) is 7.15. The molecule has 0 aliphatic heterocycles. The number of hydrogen-bond donors (Lipinski definition) is 2. The maximum absolute atomic E-state index is 9.21. The van der Waals surface area contributed by atoms with Crippen molar-refractivity contribution in [2.75, 3.05) is 0 Å². The molecule has 2 rings (SSSR count). The summed E-state index contributed by atoms with van der Waals surface area (Å²) in [5.74, 6) is 1.25. The minimum Gasteiger partial charge on any atom is -0.457 e. The first-order valence-electron chi connectivity index (χ1n) is 5.59. The minimum atomic E-state index is -0.0647. The Morgan fingerprint density at radius 3 is 2.56 bits per heavy atom. The monoisotopic (exact) mass is 263 g/mol. The number of halogens is 1. The van der Waals surface area contributed by atoms with Crippen molar-refractivity contribution in [1.29, 1.82) is 0 Å². The summed E-state index contributed by atoms with van der Waals surface area (Å²) in [6, 6.07) is 12.7. The summed E-state index contributed by atoms with van der Waals surface area (Å²) >= 11 is 6.06. The summed E-state index contributed by atoms with van der Waals surface area (Å²) in [6.07, 6.45) is 0. The smallest absolute Gasteiger partial charge is 0.132 e. The first-order chi connectivity index (χ1) is 8.74. The van der Waals surface area contributed by atoms with Crippen LogP contribution in [0.2, 0.25) is 5.02 Å². The number of aliphatic hydroxyl groups excluding tert-OH is 1. The van der Waals surface area contributed by atoms with E-state index < -0.39 is 0 Å². The van der Waals surface area contributed by atoms with Crippen LogP contribution in [-0.2, 0) is 13.2 Å². The molecule has 0 radical (unpaired) electrons. The highest BCUT2D eigenvalue weighted by Crippen LogP contribution is 2.28. The third kappa shape index (κ3) is 2.82. The average Bonchev–Trinajstić information content (AvgIpc) is 2.39. The summed E-state index contributed by atoms with van der Waals surface area (Å²) < 4.78 is 5.70.